The van der Waals surface area contributed by atoms with E-state index in [2.05, 4.69) is 63.7 Å². The van der Waals surface area contributed by atoms with Crippen LogP contribution in [-0.4, -0.2) is 19.3 Å². The van der Waals surface area contributed by atoms with Crippen molar-refractivity contribution in [1.82, 2.24) is 0 Å². The largest absolute Gasteiger partial charge is 0.389 e. The Morgan fingerprint density at radius 2 is 1.65 bits per heavy atom. The minimum atomic E-state index is -1.34. The van der Waals surface area contributed by atoms with Crippen LogP contribution in [0.15, 0.2) is 41.6 Å². The maximum absolute atomic E-state index is 10.7. The summed E-state index contributed by atoms with van der Waals surface area (Å²) in [7, 11) is -1.34. The fourth-order valence-electron chi connectivity index (χ4n) is 3.30. The number of aliphatic hydroxyl groups excluding tert-OH is 1. The fraction of sp³-hybridized carbons (Fsp3) is 0.619. The van der Waals surface area contributed by atoms with Crippen LogP contribution in [-0.2, 0) is 6.42 Å². The molecular formula is C21H36OSi. The van der Waals surface area contributed by atoms with Crippen molar-refractivity contribution in [2.24, 2.45) is 0 Å². The number of rotatable bonds is 11. The van der Waals surface area contributed by atoms with Crippen LogP contribution in [0, 0.1) is 0 Å². The molecule has 1 aromatic rings. The first-order valence-corrected chi connectivity index (χ1v) is 12.2. The summed E-state index contributed by atoms with van der Waals surface area (Å²) in [5.41, 5.74) is 5.26. The second-order valence-electron chi connectivity index (χ2n) is 6.79. The summed E-state index contributed by atoms with van der Waals surface area (Å²) >= 11 is 0. The smallest absolute Gasteiger partial charge is 0.0770 e. The molecule has 0 aliphatic rings. The van der Waals surface area contributed by atoms with Crippen molar-refractivity contribution < 1.29 is 5.11 Å². The van der Waals surface area contributed by atoms with E-state index in [9.17, 15) is 5.11 Å². The van der Waals surface area contributed by atoms with Crippen molar-refractivity contribution in [2.45, 2.75) is 84.0 Å². The summed E-state index contributed by atoms with van der Waals surface area (Å²) in [6, 6.07) is 14.5. The molecule has 1 rings (SSSR count). The van der Waals surface area contributed by atoms with Crippen LogP contribution in [0.4, 0.5) is 0 Å². The van der Waals surface area contributed by atoms with Gasteiger partial charge >= 0.3 is 0 Å². The molecule has 1 aromatic carbocycles. The lowest BCUT2D eigenvalue weighted by molar-refractivity contribution is 0.193. The second-order valence-corrected chi connectivity index (χ2v) is 11.9. The summed E-state index contributed by atoms with van der Waals surface area (Å²) < 4.78 is 0. The van der Waals surface area contributed by atoms with E-state index in [1.54, 1.807) is 0 Å². The van der Waals surface area contributed by atoms with Crippen molar-refractivity contribution in [1.29, 1.82) is 0 Å². The van der Waals surface area contributed by atoms with Gasteiger partial charge in [0.25, 0.3) is 0 Å². The Labute approximate surface area is 144 Å². The molecule has 1 nitrogen and oxygen atoms in total. The Hall–Kier alpha value is -0.863. The van der Waals surface area contributed by atoms with Gasteiger partial charge in [-0.15, -0.1) is 0 Å². The summed E-state index contributed by atoms with van der Waals surface area (Å²) in [6.07, 6.45) is 4.99. The Morgan fingerprint density at radius 3 is 2.17 bits per heavy atom. The molecule has 0 aliphatic heterocycles. The zero-order chi connectivity index (χ0) is 17.1. The van der Waals surface area contributed by atoms with Crippen LogP contribution in [0.25, 0.3) is 0 Å². The van der Waals surface area contributed by atoms with Crippen LogP contribution >= 0.6 is 0 Å². The third-order valence-electron chi connectivity index (χ3n) is 5.41. The maximum atomic E-state index is 10.7. The molecule has 0 aliphatic carbocycles. The molecule has 0 heterocycles. The first kappa shape index (κ1) is 20.2. The lowest BCUT2D eigenvalue weighted by Crippen LogP contribution is -2.31. The Kier molecular flexibility index (Phi) is 9.50. The fourth-order valence-corrected chi connectivity index (χ4v) is 6.54. The van der Waals surface area contributed by atoms with Gasteiger partial charge in [-0.05, 0) is 30.4 Å². The summed E-state index contributed by atoms with van der Waals surface area (Å²) in [5.74, 6) is 0. The number of aliphatic hydroxyl groups is 1. The third kappa shape index (κ3) is 6.64. The van der Waals surface area contributed by atoms with Crippen molar-refractivity contribution >= 4 is 8.07 Å². The molecule has 0 saturated carbocycles. The molecule has 0 bridgehead atoms. The zero-order valence-electron chi connectivity index (χ0n) is 15.6. The highest BCUT2D eigenvalue weighted by atomic mass is 28.3. The molecule has 23 heavy (non-hydrogen) atoms. The standard InChI is InChI=1S/C21H36OSi/c1-5-9-15-21(22)20(18-23(6-2,7-3)8-4)17-16-19-13-11-10-12-14-19/h10-14,18,21-22H,5-9,15-17H2,1-4H3/b20-18+. The third-order valence-corrected chi connectivity index (χ3v) is 10.6. The number of hydrogen-bond donors (Lipinski definition) is 1. The van der Waals surface area contributed by atoms with Gasteiger partial charge in [0, 0.05) is 0 Å². The zero-order valence-corrected chi connectivity index (χ0v) is 16.6. The van der Waals surface area contributed by atoms with Gasteiger partial charge in [-0.3, -0.25) is 0 Å². The minimum Gasteiger partial charge on any atom is -0.389 e. The van der Waals surface area contributed by atoms with E-state index in [0.717, 1.165) is 32.1 Å². The van der Waals surface area contributed by atoms with Gasteiger partial charge in [-0.25, -0.2) is 0 Å². The van der Waals surface area contributed by atoms with Crippen molar-refractivity contribution in [3.8, 4) is 0 Å². The topological polar surface area (TPSA) is 20.2 Å². The molecule has 1 N–H and O–H groups in total. The predicted molar refractivity (Wildman–Crippen MR) is 106 cm³/mol. The first-order valence-electron chi connectivity index (χ1n) is 9.54. The molecule has 1 unspecified atom stereocenters. The molecular weight excluding hydrogens is 296 g/mol. The highest BCUT2D eigenvalue weighted by Crippen LogP contribution is 2.27. The normalized spacial score (nSPS) is 14.0. The van der Waals surface area contributed by atoms with E-state index in [0.29, 0.717) is 0 Å². The summed E-state index contributed by atoms with van der Waals surface area (Å²) in [6.45, 7) is 9.21. The summed E-state index contributed by atoms with van der Waals surface area (Å²) in [5, 5.41) is 10.7. The van der Waals surface area contributed by atoms with Crippen molar-refractivity contribution in [2.75, 3.05) is 0 Å². The molecule has 2 heteroatoms. The number of hydrogen-bond acceptors (Lipinski definition) is 1. The average Bonchev–Trinajstić information content (AvgIpc) is 2.61. The van der Waals surface area contributed by atoms with Gasteiger partial charge in [0.05, 0.1) is 14.2 Å². The Bertz CT molecular complexity index is 440. The molecule has 1 atom stereocenters. The summed E-state index contributed by atoms with van der Waals surface area (Å²) in [4.78, 5) is 0. The van der Waals surface area contributed by atoms with E-state index in [-0.39, 0.29) is 6.10 Å². The van der Waals surface area contributed by atoms with Gasteiger partial charge in [-0.2, -0.15) is 0 Å². The maximum Gasteiger partial charge on any atom is 0.0770 e. The molecule has 0 saturated heterocycles. The molecule has 0 radical (unpaired) electrons. The van der Waals surface area contributed by atoms with E-state index in [1.165, 1.54) is 29.3 Å². The highest BCUT2D eigenvalue weighted by molar-refractivity contribution is 6.84. The van der Waals surface area contributed by atoms with Gasteiger partial charge in [-0.1, -0.05) is 94.7 Å². The van der Waals surface area contributed by atoms with Gasteiger partial charge in [0.2, 0.25) is 0 Å². The Morgan fingerprint density at radius 1 is 1.04 bits per heavy atom. The van der Waals surface area contributed by atoms with Gasteiger partial charge in [0.1, 0.15) is 0 Å². The van der Waals surface area contributed by atoms with Gasteiger partial charge in [0.15, 0.2) is 0 Å². The van der Waals surface area contributed by atoms with Crippen LogP contribution < -0.4 is 0 Å². The number of benzene rings is 1. The SMILES string of the molecule is CCCCC(O)/C(=C/[Si](CC)(CC)CC)CCc1ccccc1. The Balaban J connectivity index is 2.91. The molecule has 0 aromatic heterocycles. The van der Waals surface area contributed by atoms with Crippen molar-refractivity contribution in [3.05, 3.63) is 47.2 Å². The second kappa shape index (κ2) is 10.8. The van der Waals surface area contributed by atoms with E-state index in [1.807, 2.05) is 0 Å². The molecule has 0 spiro atoms. The van der Waals surface area contributed by atoms with E-state index >= 15 is 0 Å². The molecule has 0 amide bonds. The van der Waals surface area contributed by atoms with Gasteiger partial charge < -0.3 is 5.11 Å². The lowest BCUT2D eigenvalue weighted by atomic mass is 9.99. The predicted octanol–water partition coefficient (Wildman–Crippen LogP) is 6.14. The van der Waals surface area contributed by atoms with Crippen LogP contribution in [0.3, 0.4) is 0 Å². The van der Waals surface area contributed by atoms with E-state index < -0.39 is 8.07 Å². The van der Waals surface area contributed by atoms with Crippen LogP contribution in [0.5, 0.6) is 0 Å². The van der Waals surface area contributed by atoms with Crippen molar-refractivity contribution in [3.63, 3.8) is 0 Å². The molecule has 130 valence electrons. The first-order chi connectivity index (χ1) is 11.1. The number of aryl methyl sites for hydroxylation is 1. The highest BCUT2D eigenvalue weighted by Gasteiger charge is 2.26. The quantitative estimate of drug-likeness (QED) is 0.482. The number of unbranched alkanes of at least 4 members (excludes halogenated alkanes) is 1. The monoisotopic (exact) mass is 332 g/mol. The molecule has 0 fully saturated rings. The van der Waals surface area contributed by atoms with E-state index in [4.69, 9.17) is 0 Å². The minimum absolute atomic E-state index is 0.241. The average molecular weight is 333 g/mol. The van der Waals surface area contributed by atoms with Crippen LogP contribution in [0.1, 0.15) is 58.9 Å². The van der Waals surface area contributed by atoms with Crippen LogP contribution in [0.2, 0.25) is 18.1 Å². The lowest BCUT2D eigenvalue weighted by Gasteiger charge is -2.27.